The smallest absolute Gasteiger partial charge is 0.317 e. The highest BCUT2D eigenvalue weighted by Gasteiger charge is 2.23. The molecular formula is C14H21NO4S2. The molecule has 0 radical (unpaired) electrons. The van der Waals surface area contributed by atoms with Crippen molar-refractivity contribution in [3.8, 4) is 0 Å². The van der Waals surface area contributed by atoms with Gasteiger partial charge in [0.1, 0.15) is 5.25 Å². The Morgan fingerprint density at radius 1 is 1.14 bits per heavy atom. The van der Waals surface area contributed by atoms with Crippen molar-refractivity contribution in [1.82, 2.24) is 4.72 Å². The topological polar surface area (TPSA) is 83.5 Å². The summed E-state index contributed by atoms with van der Waals surface area (Å²) >= 11 is 1.22. The zero-order chi connectivity index (χ0) is 16.2. The van der Waals surface area contributed by atoms with Gasteiger partial charge < -0.3 is 5.11 Å². The molecule has 5 nitrogen and oxygen atoms in total. The summed E-state index contributed by atoms with van der Waals surface area (Å²) in [6.07, 6.45) is 0. The van der Waals surface area contributed by atoms with E-state index in [9.17, 15) is 13.2 Å². The number of carboxylic acid groups (broad SMARTS) is 1. The zero-order valence-corrected chi connectivity index (χ0v) is 14.2. The molecule has 0 bridgehead atoms. The first-order chi connectivity index (χ1) is 9.63. The van der Waals surface area contributed by atoms with Crippen molar-refractivity contribution in [3.05, 3.63) is 24.3 Å². The van der Waals surface area contributed by atoms with Gasteiger partial charge in [0, 0.05) is 10.9 Å². The molecule has 1 unspecified atom stereocenters. The van der Waals surface area contributed by atoms with E-state index in [1.54, 1.807) is 26.0 Å². The molecule has 0 aromatic heterocycles. The summed E-state index contributed by atoms with van der Waals surface area (Å²) in [6.45, 7) is 7.19. The summed E-state index contributed by atoms with van der Waals surface area (Å²) < 4.78 is 26.5. The van der Waals surface area contributed by atoms with E-state index in [0.29, 0.717) is 0 Å². The fourth-order valence-corrected chi connectivity index (χ4v) is 3.90. The average Bonchev–Trinajstić information content (AvgIpc) is 2.34. The lowest BCUT2D eigenvalue weighted by molar-refractivity contribution is -0.137. The third-order valence-corrected chi connectivity index (χ3v) is 5.86. The van der Waals surface area contributed by atoms with Crippen LogP contribution in [0.4, 0.5) is 0 Å². The lowest BCUT2D eigenvalue weighted by Crippen LogP contribution is -2.30. The molecule has 1 aromatic carbocycles. The molecule has 118 valence electrons. The minimum atomic E-state index is -3.51. The van der Waals surface area contributed by atoms with Gasteiger partial charge in [0.2, 0.25) is 10.0 Å². The first-order valence-corrected chi connectivity index (χ1v) is 9.01. The number of sulfonamides is 1. The Kier molecular flexibility index (Phi) is 6.24. The van der Waals surface area contributed by atoms with Crippen LogP contribution in [0, 0.1) is 5.92 Å². The van der Waals surface area contributed by atoms with Crippen molar-refractivity contribution in [2.75, 3.05) is 0 Å². The van der Waals surface area contributed by atoms with Crippen molar-refractivity contribution in [2.24, 2.45) is 5.92 Å². The predicted octanol–water partition coefficient (Wildman–Crippen LogP) is 2.57. The van der Waals surface area contributed by atoms with Crippen LogP contribution >= 0.6 is 11.8 Å². The Labute approximate surface area is 130 Å². The fourth-order valence-electron chi connectivity index (χ4n) is 1.69. The van der Waals surface area contributed by atoms with E-state index in [-0.39, 0.29) is 16.9 Å². The van der Waals surface area contributed by atoms with E-state index >= 15 is 0 Å². The third kappa shape index (κ3) is 5.33. The quantitative estimate of drug-likeness (QED) is 0.750. The molecule has 0 aliphatic rings. The minimum Gasteiger partial charge on any atom is -0.480 e. The molecule has 0 fully saturated rings. The van der Waals surface area contributed by atoms with Crippen LogP contribution in [0.2, 0.25) is 0 Å². The molecule has 0 heterocycles. The first-order valence-electron chi connectivity index (χ1n) is 6.65. The van der Waals surface area contributed by atoms with Crippen molar-refractivity contribution in [1.29, 1.82) is 0 Å². The number of carbonyl (C=O) groups is 1. The van der Waals surface area contributed by atoms with Crippen LogP contribution in [-0.4, -0.2) is 30.8 Å². The Morgan fingerprint density at radius 2 is 1.67 bits per heavy atom. The number of hydrogen-bond donors (Lipinski definition) is 2. The summed E-state index contributed by atoms with van der Waals surface area (Å²) in [5.74, 6) is -0.883. The van der Waals surface area contributed by atoms with Crippen LogP contribution in [0.1, 0.15) is 27.7 Å². The van der Waals surface area contributed by atoms with Crippen molar-refractivity contribution < 1.29 is 18.3 Å². The van der Waals surface area contributed by atoms with Gasteiger partial charge in [-0.25, -0.2) is 13.1 Å². The molecule has 2 N–H and O–H groups in total. The lowest BCUT2D eigenvalue weighted by atomic mass is 10.1. The monoisotopic (exact) mass is 331 g/mol. The summed E-state index contributed by atoms with van der Waals surface area (Å²) in [7, 11) is -3.51. The van der Waals surface area contributed by atoms with E-state index in [2.05, 4.69) is 4.72 Å². The maximum absolute atomic E-state index is 12.0. The van der Waals surface area contributed by atoms with Gasteiger partial charge in [-0.05, 0) is 44.0 Å². The fraction of sp³-hybridized carbons (Fsp3) is 0.500. The highest BCUT2D eigenvalue weighted by atomic mass is 32.2. The van der Waals surface area contributed by atoms with Crippen molar-refractivity contribution >= 4 is 27.8 Å². The Bertz CT molecular complexity index is 579. The number of hydrogen-bond acceptors (Lipinski definition) is 4. The van der Waals surface area contributed by atoms with Gasteiger partial charge in [-0.2, -0.15) is 0 Å². The maximum atomic E-state index is 12.0. The second kappa shape index (κ2) is 7.29. The highest BCUT2D eigenvalue weighted by Crippen LogP contribution is 2.29. The molecule has 21 heavy (non-hydrogen) atoms. The van der Waals surface area contributed by atoms with Gasteiger partial charge in [0.25, 0.3) is 0 Å². The normalized spacial score (nSPS) is 13.6. The van der Waals surface area contributed by atoms with Crippen molar-refractivity contribution in [2.45, 2.75) is 48.8 Å². The van der Waals surface area contributed by atoms with Gasteiger partial charge in [-0.3, -0.25) is 4.79 Å². The van der Waals surface area contributed by atoms with Gasteiger partial charge in [-0.15, -0.1) is 11.8 Å². The molecule has 0 amide bonds. The highest BCUT2D eigenvalue weighted by molar-refractivity contribution is 8.00. The predicted molar refractivity (Wildman–Crippen MR) is 84.0 cm³/mol. The van der Waals surface area contributed by atoms with E-state index in [0.717, 1.165) is 4.90 Å². The standard InChI is InChI=1S/C14H21NO4S2/c1-9(2)13(14(16)17)20-11-5-7-12(8-6-11)21(18,19)15-10(3)4/h5-10,13,15H,1-4H3,(H,16,17). The number of rotatable bonds is 7. The van der Waals surface area contributed by atoms with Gasteiger partial charge in [0.15, 0.2) is 0 Å². The largest absolute Gasteiger partial charge is 0.480 e. The molecule has 1 rings (SSSR count). The Morgan fingerprint density at radius 3 is 2.05 bits per heavy atom. The number of benzene rings is 1. The van der Waals surface area contributed by atoms with Gasteiger partial charge in [-0.1, -0.05) is 13.8 Å². The number of carboxylic acids is 1. The number of thioether (sulfide) groups is 1. The van der Waals surface area contributed by atoms with Crippen LogP contribution in [0.5, 0.6) is 0 Å². The summed E-state index contributed by atoms with van der Waals surface area (Å²) in [4.78, 5) is 12.1. The maximum Gasteiger partial charge on any atom is 0.317 e. The zero-order valence-electron chi connectivity index (χ0n) is 12.5. The van der Waals surface area contributed by atoms with Crippen LogP contribution in [0.25, 0.3) is 0 Å². The Hall–Kier alpha value is -1.05. The summed E-state index contributed by atoms with van der Waals surface area (Å²) in [6, 6.07) is 6.08. The average molecular weight is 331 g/mol. The SMILES string of the molecule is CC(C)NS(=O)(=O)c1ccc(SC(C(=O)O)C(C)C)cc1. The molecule has 7 heteroatoms. The molecule has 0 saturated carbocycles. The minimum absolute atomic E-state index is 0.0153. The number of nitrogens with one attached hydrogen (secondary N) is 1. The molecular weight excluding hydrogens is 310 g/mol. The van der Waals surface area contributed by atoms with E-state index in [1.165, 1.54) is 23.9 Å². The molecule has 1 atom stereocenters. The van der Waals surface area contributed by atoms with Crippen molar-refractivity contribution in [3.63, 3.8) is 0 Å². The van der Waals surface area contributed by atoms with Crippen LogP contribution in [0.15, 0.2) is 34.1 Å². The third-order valence-electron chi connectivity index (χ3n) is 2.64. The Balaban J connectivity index is 2.90. The second-order valence-corrected chi connectivity index (χ2v) is 8.30. The van der Waals surface area contributed by atoms with Crippen LogP contribution < -0.4 is 4.72 Å². The van der Waals surface area contributed by atoms with Crippen LogP contribution in [0.3, 0.4) is 0 Å². The van der Waals surface area contributed by atoms with E-state index in [1.807, 2.05) is 13.8 Å². The lowest BCUT2D eigenvalue weighted by Gasteiger charge is -2.16. The molecule has 1 aromatic rings. The number of aliphatic carboxylic acids is 1. The van der Waals surface area contributed by atoms with Gasteiger partial charge in [0.05, 0.1) is 4.90 Å². The van der Waals surface area contributed by atoms with Gasteiger partial charge >= 0.3 is 5.97 Å². The molecule has 0 spiro atoms. The second-order valence-electron chi connectivity index (χ2n) is 5.37. The van der Waals surface area contributed by atoms with E-state index < -0.39 is 21.2 Å². The van der Waals surface area contributed by atoms with E-state index in [4.69, 9.17) is 5.11 Å². The summed E-state index contributed by atoms with van der Waals surface area (Å²) in [5, 5.41) is 8.61. The molecule has 0 aliphatic carbocycles. The van der Waals surface area contributed by atoms with Crippen LogP contribution in [-0.2, 0) is 14.8 Å². The molecule has 0 saturated heterocycles. The summed E-state index contributed by atoms with van der Waals surface area (Å²) in [5.41, 5.74) is 0. The first kappa shape index (κ1) is 18.0. The molecule has 0 aliphatic heterocycles.